The van der Waals surface area contributed by atoms with Crippen molar-refractivity contribution in [2.45, 2.75) is 31.5 Å². The monoisotopic (exact) mass is 183 g/mol. The van der Waals surface area contributed by atoms with E-state index in [1.807, 2.05) is 18.9 Å². The van der Waals surface area contributed by atoms with Crippen molar-refractivity contribution in [1.82, 2.24) is 9.80 Å². The number of carbonyl (C=O) groups is 1. The highest BCUT2D eigenvalue weighted by molar-refractivity contribution is 5.85. The Morgan fingerprint density at radius 3 is 2.85 bits per heavy atom. The molecule has 2 bridgehead atoms. The third-order valence-corrected chi connectivity index (χ3v) is 3.08. The standard InChI is InChI=1S/C9H17N3O/c1-6(10)4-12-5-7-3-8(12)9(13)11(7)2/h6-8H,3-5,10H2,1-2H3/t6-,7+,8?/m1/s1. The van der Waals surface area contributed by atoms with Gasteiger partial charge in [0.25, 0.3) is 0 Å². The molecule has 2 aliphatic rings. The first-order valence-corrected chi connectivity index (χ1v) is 4.86. The van der Waals surface area contributed by atoms with Crippen molar-refractivity contribution < 1.29 is 4.79 Å². The van der Waals surface area contributed by atoms with E-state index in [0.29, 0.717) is 6.04 Å². The molecule has 0 radical (unpaired) electrons. The lowest BCUT2D eigenvalue weighted by atomic mass is 10.2. The fraction of sp³-hybridized carbons (Fsp3) is 0.889. The number of piperazine rings is 1. The molecular weight excluding hydrogens is 166 g/mol. The first-order chi connectivity index (χ1) is 6.09. The van der Waals surface area contributed by atoms with Crippen LogP contribution in [-0.4, -0.2) is 54.0 Å². The molecule has 4 heteroatoms. The molecule has 4 nitrogen and oxygen atoms in total. The Hall–Kier alpha value is -0.610. The Morgan fingerprint density at radius 1 is 1.69 bits per heavy atom. The van der Waals surface area contributed by atoms with Gasteiger partial charge in [-0.25, -0.2) is 0 Å². The van der Waals surface area contributed by atoms with Crippen LogP contribution < -0.4 is 5.73 Å². The van der Waals surface area contributed by atoms with Crippen molar-refractivity contribution in [3.63, 3.8) is 0 Å². The Kier molecular flexibility index (Phi) is 2.04. The fourth-order valence-electron chi connectivity index (χ4n) is 2.40. The van der Waals surface area contributed by atoms with Crippen LogP contribution in [0.1, 0.15) is 13.3 Å². The highest BCUT2D eigenvalue weighted by Crippen LogP contribution is 2.30. The van der Waals surface area contributed by atoms with Crippen molar-refractivity contribution in [3.8, 4) is 0 Å². The summed E-state index contributed by atoms with van der Waals surface area (Å²) in [5.74, 6) is 0.275. The third kappa shape index (κ3) is 1.34. The van der Waals surface area contributed by atoms with E-state index in [2.05, 4.69) is 4.90 Å². The first kappa shape index (κ1) is 8.97. The summed E-state index contributed by atoms with van der Waals surface area (Å²) in [5.41, 5.74) is 5.72. The van der Waals surface area contributed by atoms with Gasteiger partial charge >= 0.3 is 0 Å². The van der Waals surface area contributed by atoms with Gasteiger partial charge in [0.15, 0.2) is 0 Å². The highest BCUT2D eigenvalue weighted by atomic mass is 16.2. The number of likely N-dealkylation sites (tertiary alicyclic amines) is 2. The minimum Gasteiger partial charge on any atom is -0.340 e. The normalized spacial score (nSPS) is 35.9. The number of nitrogens with zero attached hydrogens (tertiary/aromatic N) is 2. The van der Waals surface area contributed by atoms with Crippen molar-refractivity contribution in [2.24, 2.45) is 5.73 Å². The van der Waals surface area contributed by atoms with Gasteiger partial charge in [-0.3, -0.25) is 9.69 Å². The maximum Gasteiger partial charge on any atom is 0.240 e. The quantitative estimate of drug-likeness (QED) is 0.613. The number of rotatable bonds is 2. The zero-order valence-electron chi connectivity index (χ0n) is 8.23. The highest BCUT2D eigenvalue weighted by Gasteiger charge is 2.47. The SMILES string of the molecule is C[C@@H](N)CN1C[C@@H]2CC1C(=O)N2C. The topological polar surface area (TPSA) is 49.6 Å². The molecule has 0 aliphatic carbocycles. The summed E-state index contributed by atoms with van der Waals surface area (Å²) in [6.45, 7) is 3.84. The molecular formula is C9H17N3O. The summed E-state index contributed by atoms with van der Waals surface area (Å²) in [6.07, 6.45) is 1.00. The number of likely N-dealkylation sites (N-methyl/N-ethyl adjacent to an activating group) is 1. The molecule has 1 amide bonds. The lowest BCUT2D eigenvalue weighted by Crippen LogP contribution is -2.51. The molecule has 13 heavy (non-hydrogen) atoms. The van der Waals surface area contributed by atoms with E-state index in [1.165, 1.54) is 0 Å². The number of carbonyl (C=O) groups excluding carboxylic acids is 1. The van der Waals surface area contributed by atoms with Gasteiger partial charge in [-0.1, -0.05) is 0 Å². The van der Waals surface area contributed by atoms with E-state index >= 15 is 0 Å². The molecule has 3 atom stereocenters. The van der Waals surface area contributed by atoms with Gasteiger partial charge in [0.05, 0.1) is 6.04 Å². The second-order valence-corrected chi connectivity index (χ2v) is 4.29. The van der Waals surface area contributed by atoms with E-state index in [9.17, 15) is 4.79 Å². The Labute approximate surface area is 78.7 Å². The van der Waals surface area contributed by atoms with Crippen LogP contribution in [0, 0.1) is 0 Å². The molecule has 2 N–H and O–H groups in total. The molecule has 0 spiro atoms. The van der Waals surface area contributed by atoms with E-state index in [1.54, 1.807) is 0 Å². The summed E-state index contributed by atoms with van der Waals surface area (Å²) in [4.78, 5) is 15.7. The van der Waals surface area contributed by atoms with Gasteiger partial charge in [-0.15, -0.1) is 0 Å². The minimum absolute atomic E-state index is 0.126. The van der Waals surface area contributed by atoms with E-state index in [0.717, 1.165) is 19.5 Å². The van der Waals surface area contributed by atoms with Gasteiger partial charge in [-0.2, -0.15) is 0 Å². The van der Waals surface area contributed by atoms with Crippen LogP contribution >= 0.6 is 0 Å². The predicted molar refractivity (Wildman–Crippen MR) is 50.2 cm³/mol. The van der Waals surface area contributed by atoms with E-state index in [-0.39, 0.29) is 18.0 Å². The summed E-state index contributed by atoms with van der Waals surface area (Å²) < 4.78 is 0. The second kappa shape index (κ2) is 2.96. The molecule has 0 aromatic rings. The average molecular weight is 183 g/mol. The lowest BCUT2D eigenvalue weighted by molar-refractivity contribution is -0.135. The minimum atomic E-state index is 0.126. The van der Waals surface area contributed by atoms with Gasteiger partial charge in [0.1, 0.15) is 0 Å². The smallest absolute Gasteiger partial charge is 0.240 e. The Balaban J connectivity index is 2.02. The van der Waals surface area contributed by atoms with Crippen LogP contribution in [0.3, 0.4) is 0 Å². The molecule has 2 fully saturated rings. The second-order valence-electron chi connectivity index (χ2n) is 4.29. The van der Waals surface area contributed by atoms with Gasteiger partial charge in [0.2, 0.25) is 5.91 Å². The van der Waals surface area contributed by atoms with Crippen molar-refractivity contribution in [1.29, 1.82) is 0 Å². The zero-order valence-corrected chi connectivity index (χ0v) is 8.23. The van der Waals surface area contributed by atoms with Gasteiger partial charge < -0.3 is 10.6 Å². The number of hydrogen-bond donors (Lipinski definition) is 1. The molecule has 1 unspecified atom stereocenters. The number of nitrogens with two attached hydrogens (primary N) is 1. The Morgan fingerprint density at radius 2 is 2.38 bits per heavy atom. The molecule has 2 rings (SSSR count). The predicted octanol–water partition coefficient (Wildman–Crippen LogP) is -0.751. The summed E-state index contributed by atoms with van der Waals surface area (Å²) >= 11 is 0. The average Bonchev–Trinajstić information content (AvgIpc) is 2.53. The van der Waals surface area contributed by atoms with Crippen LogP contribution in [0.25, 0.3) is 0 Å². The summed E-state index contributed by atoms with van der Waals surface area (Å²) in [7, 11) is 1.90. The third-order valence-electron chi connectivity index (χ3n) is 3.08. The molecule has 74 valence electrons. The van der Waals surface area contributed by atoms with Crippen molar-refractivity contribution in [3.05, 3.63) is 0 Å². The fourth-order valence-corrected chi connectivity index (χ4v) is 2.40. The molecule has 0 saturated carbocycles. The van der Waals surface area contributed by atoms with Crippen LogP contribution in [0.5, 0.6) is 0 Å². The van der Waals surface area contributed by atoms with Gasteiger partial charge in [-0.05, 0) is 13.3 Å². The number of hydrogen-bond acceptors (Lipinski definition) is 3. The molecule has 2 aliphatic heterocycles. The maximum absolute atomic E-state index is 11.6. The van der Waals surface area contributed by atoms with Crippen molar-refractivity contribution >= 4 is 5.91 Å². The van der Waals surface area contributed by atoms with Crippen LogP contribution in [0.2, 0.25) is 0 Å². The first-order valence-electron chi connectivity index (χ1n) is 4.86. The maximum atomic E-state index is 11.6. The number of amides is 1. The van der Waals surface area contributed by atoms with E-state index < -0.39 is 0 Å². The zero-order chi connectivity index (χ0) is 9.59. The van der Waals surface area contributed by atoms with Crippen LogP contribution in [0.15, 0.2) is 0 Å². The summed E-state index contributed by atoms with van der Waals surface area (Å²) in [6, 6.07) is 0.731. The van der Waals surface area contributed by atoms with Crippen LogP contribution in [-0.2, 0) is 4.79 Å². The number of fused-ring (bicyclic) bond motifs is 2. The lowest BCUT2D eigenvalue weighted by Gasteiger charge is -2.32. The Bertz CT molecular complexity index is 229. The molecule has 2 heterocycles. The molecule has 0 aromatic heterocycles. The molecule has 2 saturated heterocycles. The summed E-state index contributed by atoms with van der Waals surface area (Å²) in [5, 5.41) is 0. The largest absolute Gasteiger partial charge is 0.340 e. The van der Waals surface area contributed by atoms with Gasteiger partial charge in [0, 0.05) is 32.2 Å². The molecule has 0 aromatic carbocycles. The van der Waals surface area contributed by atoms with Crippen LogP contribution in [0.4, 0.5) is 0 Å². The van der Waals surface area contributed by atoms with Crippen molar-refractivity contribution in [2.75, 3.05) is 20.1 Å². The van der Waals surface area contributed by atoms with E-state index in [4.69, 9.17) is 5.73 Å².